The average Bonchev–Trinajstić information content (AvgIpc) is 2.46. The number of rotatable bonds is 6. The summed E-state index contributed by atoms with van der Waals surface area (Å²) in [5.74, 6) is 1.73. The fourth-order valence-electron chi connectivity index (χ4n) is 2.29. The van der Waals surface area contributed by atoms with Crippen LogP contribution in [0.4, 0.5) is 0 Å². The number of hydrogen-bond donors (Lipinski definition) is 1. The van der Waals surface area contributed by atoms with Crippen LogP contribution in [0.1, 0.15) is 19.3 Å². The van der Waals surface area contributed by atoms with E-state index in [9.17, 15) is 5.11 Å². The molecule has 1 aromatic carbocycles. The van der Waals surface area contributed by atoms with E-state index in [-0.39, 0.29) is 6.10 Å². The SMILES string of the molecule is COc1ccc(OCCCN2CCC(O)CC2)cc1. The summed E-state index contributed by atoms with van der Waals surface area (Å²) in [6, 6.07) is 7.66. The third-order valence-electron chi connectivity index (χ3n) is 3.50. The molecule has 0 aromatic heterocycles. The first-order valence-corrected chi connectivity index (χ1v) is 6.95. The molecule has 1 fully saturated rings. The van der Waals surface area contributed by atoms with Crippen molar-refractivity contribution in [2.24, 2.45) is 0 Å². The van der Waals surface area contributed by atoms with Gasteiger partial charge in [-0.15, -0.1) is 0 Å². The number of hydrogen-bond acceptors (Lipinski definition) is 4. The zero-order chi connectivity index (χ0) is 13.5. The molecule has 0 bridgehead atoms. The average molecular weight is 265 g/mol. The number of aliphatic hydroxyl groups is 1. The van der Waals surface area contributed by atoms with Gasteiger partial charge < -0.3 is 19.5 Å². The molecule has 1 aromatic rings. The zero-order valence-electron chi connectivity index (χ0n) is 11.5. The van der Waals surface area contributed by atoms with Crippen molar-refractivity contribution in [1.82, 2.24) is 4.90 Å². The van der Waals surface area contributed by atoms with Crippen molar-refractivity contribution >= 4 is 0 Å². The second kappa shape index (κ2) is 7.36. The molecule has 4 heteroatoms. The molecule has 2 rings (SSSR count). The summed E-state index contributed by atoms with van der Waals surface area (Å²) in [5, 5.41) is 9.43. The van der Waals surface area contributed by atoms with Crippen molar-refractivity contribution in [3.63, 3.8) is 0 Å². The summed E-state index contributed by atoms with van der Waals surface area (Å²) in [4.78, 5) is 2.39. The molecule has 0 unspecified atom stereocenters. The lowest BCUT2D eigenvalue weighted by Gasteiger charge is -2.29. The van der Waals surface area contributed by atoms with Gasteiger partial charge in [0.05, 0.1) is 19.8 Å². The van der Waals surface area contributed by atoms with Crippen molar-refractivity contribution in [3.8, 4) is 11.5 Å². The predicted molar refractivity (Wildman–Crippen MR) is 74.8 cm³/mol. The maximum absolute atomic E-state index is 9.43. The quantitative estimate of drug-likeness (QED) is 0.798. The summed E-state index contributed by atoms with van der Waals surface area (Å²) in [5.41, 5.74) is 0. The summed E-state index contributed by atoms with van der Waals surface area (Å²) < 4.78 is 10.8. The van der Waals surface area contributed by atoms with E-state index in [1.165, 1.54) is 0 Å². The van der Waals surface area contributed by atoms with Crippen LogP contribution in [0.2, 0.25) is 0 Å². The predicted octanol–water partition coefficient (Wildman–Crippen LogP) is 1.92. The largest absolute Gasteiger partial charge is 0.497 e. The molecule has 1 saturated heterocycles. The second-order valence-corrected chi connectivity index (χ2v) is 4.95. The maximum atomic E-state index is 9.43. The molecule has 1 aliphatic heterocycles. The molecule has 0 amide bonds. The van der Waals surface area contributed by atoms with Gasteiger partial charge in [-0.05, 0) is 43.5 Å². The van der Waals surface area contributed by atoms with E-state index in [1.807, 2.05) is 24.3 Å². The Kier molecular flexibility index (Phi) is 5.48. The first kappa shape index (κ1) is 14.2. The van der Waals surface area contributed by atoms with Gasteiger partial charge in [0.25, 0.3) is 0 Å². The number of piperidine rings is 1. The van der Waals surface area contributed by atoms with Gasteiger partial charge in [0.1, 0.15) is 11.5 Å². The summed E-state index contributed by atoms with van der Waals surface area (Å²) >= 11 is 0. The van der Waals surface area contributed by atoms with E-state index in [4.69, 9.17) is 9.47 Å². The fraction of sp³-hybridized carbons (Fsp3) is 0.600. The Morgan fingerprint density at radius 3 is 2.42 bits per heavy atom. The van der Waals surface area contributed by atoms with Crippen LogP contribution in [0, 0.1) is 0 Å². The normalized spacial score (nSPS) is 17.4. The summed E-state index contributed by atoms with van der Waals surface area (Å²) in [6.45, 7) is 3.78. The zero-order valence-corrected chi connectivity index (χ0v) is 11.5. The van der Waals surface area contributed by atoms with Crippen molar-refractivity contribution < 1.29 is 14.6 Å². The number of aliphatic hydroxyl groups excluding tert-OH is 1. The van der Waals surface area contributed by atoms with E-state index in [0.717, 1.165) is 57.0 Å². The summed E-state index contributed by atoms with van der Waals surface area (Å²) in [7, 11) is 1.66. The van der Waals surface area contributed by atoms with E-state index >= 15 is 0 Å². The van der Waals surface area contributed by atoms with Crippen LogP contribution in [0.25, 0.3) is 0 Å². The highest BCUT2D eigenvalue weighted by atomic mass is 16.5. The lowest BCUT2D eigenvalue weighted by molar-refractivity contribution is 0.0800. The Morgan fingerprint density at radius 1 is 1.16 bits per heavy atom. The van der Waals surface area contributed by atoms with Gasteiger partial charge in [0.2, 0.25) is 0 Å². The molecule has 0 atom stereocenters. The van der Waals surface area contributed by atoms with Crippen LogP contribution in [-0.4, -0.2) is 49.5 Å². The van der Waals surface area contributed by atoms with Crippen LogP contribution < -0.4 is 9.47 Å². The maximum Gasteiger partial charge on any atom is 0.119 e. The highest BCUT2D eigenvalue weighted by Gasteiger charge is 2.15. The molecule has 0 aliphatic carbocycles. The van der Waals surface area contributed by atoms with E-state index in [0.29, 0.717) is 0 Å². The number of ether oxygens (including phenoxy) is 2. The van der Waals surface area contributed by atoms with Crippen LogP contribution in [0.3, 0.4) is 0 Å². The fourth-order valence-corrected chi connectivity index (χ4v) is 2.29. The van der Waals surface area contributed by atoms with Gasteiger partial charge >= 0.3 is 0 Å². The van der Waals surface area contributed by atoms with Gasteiger partial charge in [0.15, 0.2) is 0 Å². The van der Waals surface area contributed by atoms with Crippen LogP contribution >= 0.6 is 0 Å². The van der Waals surface area contributed by atoms with Gasteiger partial charge in [-0.2, -0.15) is 0 Å². The number of nitrogens with zero attached hydrogens (tertiary/aromatic N) is 1. The van der Waals surface area contributed by atoms with Crippen LogP contribution in [-0.2, 0) is 0 Å². The van der Waals surface area contributed by atoms with Crippen molar-refractivity contribution in [2.45, 2.75) is 25.4 Å². The van der Waals surface area contributed by atoms with E-state index in [1.54, 1.807) is 7.11 Å². The molecular weight excluding hydrogens is 242 g/mol. The van der Waals surface area contributed by atoms with Crippen molar-refractivity contribution in [2.75, 3.05) is 33.4 Å². The highest BCUT2D eigenvalue weighted by molar-refractivity contribution is 5.31. The lowest BCUT2D eigenvalue weighted by Crippen LogP contribution is -2.36. The Hall–Kier alpha value is -1.26. The second-order valence-electron chi connectivity index (χ2n) is 4.95. The molecule has 19 heavy (non-hydrogen) atoms. The third kappa shape index (κ3) is 4.73. The lowest BCUT2D eigenvalue weighted by atomic mass is 10.1. The number of benzene rings is 1. The topological polar surface area (TPSA) is 41.9 Å². The highest BCUT2D eigenvalue weighted by Crippen LogP contribution is 2.17. The van der Waals surface area contributed by atoms with Crippen LogP contribution in [0.5, 0.6) is 11.5 Å². The first-order chi connectivity index (χ1) is 9.28. The summed E-state index contributed by atoms with van der Waals surface area (Å²) in [6.07, 6.45) is 2.73. The van der Waals surface area contributed by atoms with Gasteiger partial charge in [-0.3, -0.25) is 0 Å². The van der Waals surface area contributed by atoms with Gasteiger partial charge in [-0.25, -0.2) is 0 Å². The number of likely N-dealkylation sites (tertiary alicyclic amines) is 1. The molecule has 0 radical (unpaired) electrons. The Morgan fingerprint density at radius 2 is 1.79 bits per heavy atom. The Bertz CT molecular complexity index is 358. The minimum atomic E-state index is -0.0909. The number of methoxy groups -OCH3 is 1. The molecular formula is C15H23NO3. The Labute approximate surface area is 114 Å². The van der Waals surface area contributed by atoms with Crippen molar-refractivity contribution in [3.05, 3.63) is 24.3 Å². The molecule has 0 spiro atoms. The molecule has 0 saturated carbocycles. The Balaban J connectivity index is 1.61. The smallest absolute Gasteiger partial charge is 0.119 e. The third-order valence-corrected chi connectivity index (χ3v) is 3.50. The molecule has 1 heterocycles. The van der Waals surface area contributed by atoms with E-state index in [2.05, 4.69) is 4.90 Å². The minimum Gasteiger partial charge on any atom is -0.497 e. The van der Waals surface area contributed by atoms with Crippen molar-refractivity contribution in [1.29, 1.82) is 0 Å². The molecule has 106 valence electrons. The molecule has 1 aliphatic rings. The van der Waals surface area contributed by atoms with Crippen LogP contribution in [0.15, 0.2) is 24.3 Å². The van der Waals surface area contributed by atoms with Gasteiger partial charge in [-0.1, -0.05) is 0 Å². The monoisotopic (exact) mass is 265 g/mol. The standard InChI is InChI=1S/C15H23NO3/c1-18-14-3-5-15(6-4-14)19-12-2-9-16-10-7-13(17)8-11-16/h3-6,13,17H,2,7-12H2,1H3. The first-order valence-electron chi connectivity index (χ1n) is 6.95. The minimum absolute atomic E-state index is 0.0909. The van der Waals surface area contributed by atoms with Gasteiger partial charge in [0, 0.05) is 19.6 Å². The van der Waals surface area contributed by atoms with E-state index < -0.39 is 0 Å². The molecule has 1 N–H and O–H groups in total. The molecule has 4 nitrogen and oxygen atoms in total.